The minimum absolute atomic E-state index is 0.419. The number of para-hydroxylation sites is 1. The van der Waals surface area contributed by atoms with Crippen molar-refractivity contribution < 1.29 is 0 Å². The molecular weight excluding hydrogens is 402 g/mol. The third-order valence-electron chi connectivity index (χ3n) is 6.79. The van der Waals surface area contributed by atoms with Crippen molar-refractivity contribution in [1.29, 1.82) is 0 Å². The molecule has 0 amide bonds. The Morgan fingerprint density at radius 2 is 1.33 bits per heavy atom. The molecule has 0 aliphatic carbocycles. The van der Waals surface area contributed by atoms with E-state index < -0.39 is 0 Å². The molecule has 6 aromatic rings. The Morgan fingerprint density at radius 3 is 2.03 bits per heavy atom. The van der Waals surface area contributed by atoms with Gasteiger partial charge in [-0.25, -0.2) is 4.98 Å². The molecule has 0 saturated heterocycles. The molecule has 3 heterocycles. The second-order valence-electron chi connectivity index (χ2n) is 9.52. The van der Waals surface area contributed by atoms with Gasteiger partial charge in [-0.05, 0) is 34.4 Å². The van der Waals surface area contributed by atoms with Crippen LogP contribution in [0.2, 0.25) is 0 Å². The van der Waals surface area contributed by atoms with Crippen LogP contribution in [0.4, 0.5) is 0 Å². The average Bonchev–Trinajstić information content (AvgIpc) is 3.28. The minimum Gasteiger partial charge on any atom is -0.297 e. The summed E-state index contributed by atoms with van der Waals surface area (Å²) in [5.41, 5.74) is 8.10. The zero-order chi connectivity index (χ0) is 22.7. The number of rotatable bonds is 3. The summed E-state index contributed by atoms with van der Waals surface area (Å²) in [6.07, 6.45) is 4.22. The van der Waals surface area contributed by atoms with Crippen molar-refractivity contribution in [1.82, 2.24) is 14.4 Å². The predicted octanol–water partition coefficient (Wildman–Crippen LogP) is 8.10. The first-order chi connectivity index (χ1) is 16.0. The van der Waals surface area contributed by atoms with Crippen molar-refractivity contribution >= 4 is 38.2 Å². The van der Waals surface area contributed by atoms with Crippen molar-refractivity contribution in [2.24, 2.45) is 0 Å². The fourth-order valence-corrected chi connectivity index (χ4v) is 5.21. The van der Waals surface area contributed by atoms with Crippen LogP contribution in [-0.4, -0.2) is 14.4 Å². The molecule has 0 N–H and O–H groups in total. The van der Waals surface area contributed by atoms with Crippen LogP contribution in [0.5, 0.6) is 0 Å². The van der Waals surface area contributed by atoms with Crippen LogP contribution in [0.15, 0.2) is 79.1 Å². The summed E-state index contributed by atoms with van der Waals surface area (Å²) in [6, 6.07) is 23.7. The summed E-state index contributed by atoms with van der Waals surface area (Å²) < 4.78 is 2.24. The quantitative estimate of drug-likeness (QED) is 0.266. The van der Waals surface area contributed by atoms with Crippen molar-refractivity contribution in [3.05, 3.63) is 90.3 Å². The molecule has 162 valence electrons. The van der Waals surface area contributed by atoms with Gasteiger partial charge in [-0.2, -0.15) is 0 Å². The van der Waals surface area contributed by atoms with E-state index in [-0.39, 0.29) is 0 Å². The topological polar surface area (TPSA) is 30.2 Å². The fourth-order valence-electron chi connectivity index (χ4n) is 5.21. The molecule has 33 heavy (non-hydrogen) atoms. The summed E-state index contributed by atoms with van der Waals surface area (Å²) in [6.45, 7) is 9.05. The number of aromatic nitrogens is 3. The zero-order valence-corrected chi connectivity index (χ0v) is 19.5. The Kier molecular flexibility index (Phi) is 4.48. The lowest BCUT2D eigenvalue weighted by Gasteiger charge is -2.18. The third-order valence-corrected chi connectivity index (χ3v) is 6.79. The molecule has 0 radical (unpaired) electrons. The van der Waals surface area contributed by atoms with Crippen LogP contribution in [0.3, 0.4) is 0 Å². The van der Waals surface area contributed by atoms with Gasteiger partial charge >= 0.3 is 0 Å². The van der Waals surface area contributed by atoms with E-state index in [1.54, 1.807) is 0 Å². The van der Waals surface area contributed by atoms with E-state index >= 15 is 0 Å². The Bertz CT molecular complexity index is 1650. The van der Waals surface area contributed by atoms with Crippen LogP contribution in [-0.2, 0) is 0 Å². The van der Waals surface area contributed by atoms with Gasteiger partial charge in [-0.3, -0.25) is 9.38 Å². The molecular formula is C30H27N3. The lowest BCUT2D eigenvalue weighted by atomic mass is 9.87. The van der Waals surface area contributed by atoms with E-state index in [0.717, 1.165) is 22.4 Å². The molecule has 0 bridgehead atoms. The molecule has 3 heteroatoms. The van der Waals surface area contributed by atoms with Gasteiger partial charge in [0.1, 0.15) is 5.65 Å². The van der Waals surface area contributed by atoms with Gasteiger partial charge in [0.2, 0.25) is 0 Å². The number of fused-ring (bicyclic) bond motifs is 8. The normalized spacial score (nSPS) is 12.2. The van der Waals surface area contributed by atoms with Crippen LogP contribution < -0.4 is 0 Å². The lowest BCUT2D eigenvalue weighted by molar-refractivity contribution is 0.837. The summed E-state index contributed by atoms with van der Waals surface area (Å²) in [5, 5.41) is 4.79. The molecule has 3 aromatic heterocycles. The molecule has 3 aromatic carbocycles. The van der Waals surface area contributed by atoms with E-state index in [1.807, 2.05) is 12.3 Å². The van der Waals surface area contributed by atoms with Gasteiger partial charge in [0.15, 0.2) is 0 Å². The second-order valence-corrected chi connectivity index (χ2v) is 9.52. The van der Waals surface area contributed by atoms with Gasteiger partial charge in [0.25, 0.3) is 0 Å². The number of benzene rings is 3. The maximum Gasteiger partial charge on any atom is 0.145 e. The third kappa shape index (κ3) is 2.96. The Hall–Kier alpha value is -3.72. The molecule has 0 aliphatic heterocycles. The van der Waals surface area contributed by atoms with Gasteiger partial charge in [-0.1, -0.05) is 88.4 Å². The minimum atomic E-state index is 0.419. The highest BCUT2D eigenvalue weighted by molar-refractivity contribution is 6.21. The number of hydrogen-bond donors (Lipinski definition) is 0. The molecule has 6 rings (SSSR count). The van der Waals surface area contributed by atoms with E-state index in [0.29, 0.717) is 11.8 Å². The molecule has 0 atom stereocenters. The summed E-state index contributed by atoms with van der Waals surface area (Å²) in [5.74, 6) is 0.838. The van der Waals surface area contributed by atoms with Crippen LogP contribution in [0.1, 0.15) is 50.7 Å². The number of pyridine rings is 2. The van der Waals surface area contributed by atoms with Gasteiger partial charge in [-0.15, -0.1) is 0 Å². The smallest absolute Gasteiger partial charge is 0.145 e. The van der Waals surface area contributed by atoms with E-state index in [1.165, 1.54) is 38.2 Å². The molecule has 0 unspecified atom stereocenters. The van der Waals surface area contributed by atoms with Gasteiger partial charge < -0.3 is 0 Å². The highest BCUT2D eigenvalue weighted by Crippen LogP contribution is 2.39. The maximum atomic E-state index is 5.26. The fraction of sp³-hybridized carbons (Fsp3) is 0.200. The van der Waals surface area contributed by atoms with E-state index in [2.05, 4.69) is 99.0 Å². The summed E-state index contributed by atoms with van der Waals surface area (Å²) >= 11 is 0. The highest BCUT2D eigenvalue weighted by atomic mass is 15.0. The maximum absolute atomic E-state index is 5.26. The van der Waals surface area contributed by atoms with E-state index in [9.17, 15) is 0 Å². The second kappa shape index (κ2) is 7.41. The predicted molar refractivity (Wildman–Crippen MR) is 139 cm³/mol. The largest absolute Gasteiger partial charge is 0.297 e. The number of hydrogen-bond acceptors (Lipinski definition) is 2. The van der Waals surface area contributed by atoms with Crippen molar-refractivity contribution in [2.75, 3.05) is 0 Å². The van der Waals surface area contributed by atoms with Crippen LogP contribution in [0.25, 0.3) is 49.5 Å². The molecule has 0 saturated carbocycles. The first-order valence-corrected chi connectivity index (χ1v) is 11.7. The van der Waals surface area contributed by atoms with Crippen LogP contribution >= 0.6 is 0 Å². The average molecular weight is 430 g/mol. The Balaban J connectivity index is 1.79. The SMILES string of the molecule is CC(C)c1cccc(C(C)C)c1-c1cn2c3cnc4ccccc4c3c3ccccc3c2n1. The molecule has 0 fully saturated rings. The molecule has 3 nitrogen and oxygen atoms in total. The molecule has 0 spiro atoms. The first kappa shape index (κ1) is 19.9. The highest BCUT2D eigenvalue weighted by Gasteiger charge is 2.20. The lowest BCUT2D eigenvalue weighted by Crippen LogP contribution is -1.99. The Morgan fingerprint density at radius 1 is 0.697 bits per heavy atom. The number of nitrogens with zero attached hydrogens (tertiary/aromatic N) is 3. The van der Waals surface area contributed by atoms with Crippen molar-refractivity contribution in [2.45, 2.75) is 39.5 Å². The standard InChI is InChI=1S/C30H27N3/c1-18(2)20-13-9-14-21(19(3)4)28(20)26-17-33-27-16-31-25-15-8-7-12-24(25)29(27)22-10-5-6-11-23(22)30(33)32-26/h5-19H,1-4H3. The molecule has 0 aliphatic rings. The zero-order valence-electron chi connectivity index (χ0n) is 19.5. The number of imidazole rings is 1. The van der Waals surface area contributed by atoms with Gasteiger partial charge in [0.05, 0.1) is 22.9 Å². The van der Waals surface area contributed by atoms with Crippen molar-refractivity contribution in [3.8, 4) is 11.3 Å². The van der Waals surface area contributed by atoms with Crippen LogP contribution in [0, 0.1) is 0 Å². The summed E-state index contributed by atoms with van der Waals surface area (Å²) in [7, 11) is 0. The van der Waals surface area contributed by atoms with Crippen molar-refractivity contribution in [3.63, 3.8) is 0 Å². The van der Waals surface area contributed by atoms with E-state index in [4.69, 9.17) is 9.97 Å². The first-order valence-electron chi connectivity index (χ1n) is 11.7. The summed E-state index contributed by atoms with van der Waals surface area (Å²) in [4.78, 5) is 10.1. The Labute approximate surface area is 193 Å². The van der Waals surface area contributed by atoms with Gasteiger partial charge in [0, 0.05) is 27.9 Å². The monoisotopic (exact) mass is 429 g/mol.